The SMILES string of the molecule is CCCCC[C@@H](C)NC(=O)CCc1nc2cc(S(=O)(=O)N(C)C)ccc2n1C. The van der Waals surface area contributed by atoms with Gasteiger partial charge in [0, 0.05) is 40.0 Å². The number of aromatic nitrogens is 2. The minimum absolute atomic E-state index is 0.0203. The van der Waals surface area contributed by atoms with Crippen molar-refractivity contribution in [2.75, 3.05) is 14.1 Å². The predicted molar refractivity (Wildman–Crippen MR) is 112 cm³/mol. The number of hydrogen-bond acceptors (Lipinski definition) is 4. The number of fused-ring (bicyclic) bond motifs is 1. The molecule has 8 heteroatoms. The molecule has 0 aliphatic heterocycles. The van der Waals surface area contributed by atoms with Gasteiger partial charge in [0.05, 0.1) is 15.9 Å². The quantitative estimate of drug-likeness (QED) is 0.613. The van der Waals surface area contributed by atoms with Crippen molar-refractivity contribution in [3.63, 3.8) is 0 Å². The van der Waals surface area contributed by atoms with Crippen LogP contribution in [0.4, 0.5) is 0 Å². The fourth-order valence-corrected chi connectivity index (χ4v) is 4.09. The summed E-state index contributed by atoms with van der Waals surface area (Å²) < 4.78 is 27.7. The topological polar surface area (TPSA) is 84.3 Å². The number of rotatable bonds is 10. The molecule has 2 aromatic rings. The second-order valence-electron chi connectivity index (χ2n) is 7.49. The Kier molecular flexibility index (Phi) is 7.60. The van der Waals surface area contributed by atoms with Crippen molar-refractivity contribution in [2.45, 2.75) is 63.3 Å². The first-order valence-corrected chi connectivity index (χ1v) is 11.3. The smallest absolute Gasteiger partial charge is 0.242 e. The molecule has 2 rings (SSSR count). The standard InChI is InChI=1S/C20H32N4O3S/c1-6-7-8-9-15(2)21-20(25)13-12-19-22-17-14-16(28(26,27)23(3)4)10-11-18(17)24(19)5/h10-11,14-15H,6-9,12-13H2,1-5H3,(H,21,25)/t15-/m1/s1. The minimum Gasteiger partial charge on any atom is -0.354 e. The molecule has 0 unspecified atom stereocenters. The highest BCUT2D eigenvalue weighted by Crippen LogP contribution is 2.21. The lowest BCUT2D eigenvalue weighted by Gasteiger charge is -2.13. The van der Waals surface area contributed by atoms with Gasteiger partial charge in [-0.15, -0.1) is 0 Å². The molecule has 1 amide bonds. The van der Waals surface area contributed by atoms with Crippen LogP contribution in [-0.4, -0.2) is 48.3 Å². The highest BCUT2D eigenvalue weighted by atomic mass is 32.2. The van der Waals surface area contributed by atoms with Crippen LogP contribution in [0.3, 0.4) is 0 Å². The molecule has 0 saturated carbocycles. The van der Waals surface area contributed by atoms with Gasteiger partial charge >= 0.3 is 0 Å². The summed E-state index contributed by atoms with van der Waals surface area (Å²) >= 11 is 0. The van der Waals surface area contributed by atoms with Crippen LogP contribution in [0.15, 0.2) is 23.1 Å². The zero-order valence-electron chi connectivity index (χ0n) is 17.5. The van der Waals surface area contributed by atoms with E-state index in [1.807, 2.05) is 18.5 Å². The Morgan fingerprint density at radius 2 is 2.00 bits per heavy atom. The maximum absolute atomic E-state index is 12.3. The number of nitrogens with zero attached hydrogens (tertiary/aromatic N) is 3. The Morgan fingerprint density at radius 1 is 1.29 bits per heavy atom. The first kappa shape index (κ1) is 22.4. The number of nitrogens with one attached hydrogen (secondary N) is 1. The fraction of sp³-hybridized carbons (Fsp3) is 0.600. The summed E-state index contributed by atoms with van der Waals surface area (Å²) in [6.45, 7) is 4.20. The molecule has 0 fully saturated rings. The van der Waals surface area contributed by atoms with Crippen LogP contribution in [0, 0.1) is 0 Å². The number of hydrogen-bond donors (Lipinski definition) is 1. The van der Waals surface area contributed by atoms with Gasteiger partial charge in [-0.05, 0) is 31.5 Å². The van der Waals surface area contributed by atoms with Crippen LogP contribution in [-0.2, 0) is 28.3 Å². The molecular formula is C20H32N4O3S. The maximum atomic E-state index is 12.3. The lowest BCUT2D eigenvalue weighted by molar-refractivity contribution is -0.121. The lowest BCUT2D eigenvalue weighted by atomic mass is 10.1. The molecule has 1 aromatic heterocycles. The number of benzene rings is 1. The van der Waals surface area contributed by atoms with Crippen molar-refractivity contribution in [1.29, 1.82) is 0 Å². The van der Waals surface area contributed by atoms with Crippen LogP contribution in [0.1, 0.15) is 51.8 Å². The number of unbranched alkanes of at least 4 members (excludes halogenated alkanes) is 2. The largest absolute Gasteiger partial charge is 0.354 e. The van der Waals surface area contributed by atoms with Crippen LogP contribution in [0.25, 0.3) is 11.0 Å². The molecule has 28 heavy (non-hydrogen) atoms. The Hall–Kier alpha value is -1.93. The van der Waals surface area contributed by atoms with Crippen LogP contribution in [0.5, 0.6) is 0 Å². The predicted octanol–water partition coefficient (Wildman–Crippen LogP) is 2.84. The average Bonchev–Trinajstić information content (AvgIpc) is 2.95. The maximum Gasteiger partial charge on any atom is 0.242 e. The summed E-state index contributed by atoms with van der Waals surface area (Å²) in [7, 11) is 1.39. The van der Waals surface area contributed by atoms with Crippen LogP contribution in [0.2, 0.25) is 0 Å². The molecule has 0 aliphatic carbocycles. The zero-order valence-corrected chi connectivity index (χ0v) is 18.3. The van der Waals surface area contributed by atoms with E-state index < -0.39 is 10.0 Å². The molecule has 0 radical (unpaired) electrons. The van der Waals surface area contributed by atoms with Crippen molar-refractivity contribution in [3.05, 3.63) is 24.0 Å². The van der Waals surface area contributed by atoms with Gasteiger partial charge < -0.3 is 9.88 Å². The Bertz CT molecular complexity index is 919. The Balaban J connectivity index is 2.05. The molecule has 1 N–H and O–H groups in total. The number of imidazole rings is 1. The number of carbonyl (C=O) groups excluding carboxylic acids is 1. The van der Waals surface area contributed by atoms with Gasteiger partial charge in [0.2, 0.25) is 15.9 Å². The lowest BCUT2D eigenvalue weighted by Crippen LogP contribution is -2.32. The second kappa shape index (κ2) is 9.52. The van der Waals surface area contributed by atoms with E-state index in [1.165, 1.54) is 31.2 Å². The fourth-order valence-electron chi connectivity index (χ4n) is 3.17. The third-order valence-corrected chi connectivity index (χ3v) is 6.76. The number of carbonyl (C=O) groups is 1. The Morgan fingerprint density at radius 3 is 2.64 bits per heavy atom. The van der Waals surface area contributed by atoms with E-state index in [4.69, 9.17) is 0 Å². The highest BCUT2D eigenvalue weighted by Gasteiger charge is 2.19. The van der Waals surface area contributed by atoms with Gasteiger partial charge in [-0.3, -0.25) is 4.79 Å². The third-order valence-electron chi connectivity index (χ3n) is 4.95. The molecular weight excluding hydrogens is 376 g/mol. The van der Waals surface area contributed by atoms with Gasteiger partial charge in [0.15, 0.2) is 0 Å². The molecule has 7 nitrogen and oxygen atoms in total. The normalized spacial score (nSPS) is 13.2. The molecule has 0 saturated heterocycles. The second-order valence-corrected chi connectivity index (χ2v) is 9.64. The first-order valence-electron chi connectivity index (χ1n) is 9.84. The molecule has 1 aromatic carbocycles. The summed E-state index contributed by atoms with van der Waals surface area (Å²) in [4.78, 5) is 17.0. The summed E-state index contributed by atoms with van der Waals surface area (Å²) in [5, 5.41) is 3.04. The van der Waals surface area contributed by atoms with Gasteiger partial charge in [0.25, 0.3) is 0 Å². The van der Waals surface area contributed by atoms with E-state index in [9.17, 15) is 13.2 Å². The minimum atomic E-state index is -3.50. The van der Waals surface area contributed by atoms with E-state index in [2.05, 4.69) is 17.2 Å². The van der Waals surface area contributed by atoms with Crippen molar-refractivity contribution in [2.24, 2.45) is 7.05 Å². The Labute approximate surface area is 168 Å². The number of amides is 1. The van der Waals surface area contributed by atoms with E-state index >= 15 is 0 Å². The van der Waals surface area contributed by atoms with Crippen molar-refractivity contribution in [3.8, 4) is 0 Å². The number of sulfonamides is 1. The summed E-state index contributed by atoms with van der Waals surface area (Å²) in [6.07, 6.45) is 5.35. The van der Waals surface area contributed by atoms with Gasteiger partial charge in [-0.2, -0.15) is 0 Å². The van der Waals surface area contributed by atoms with Crippen molar-refractivity contribution < 1.29 is 13.2 Å². The van der Waals surface area contributed by atoms with Crippen LogP contribution >= 0.6 is 0 Å². The first-order chi connectivity index (χ1) is 13.2. The van der Waals surface area contributed by atoms with Gasteiger partial charge in [-0.25, -0.2) is 17.7 Å². The molecule has 0 aliphatic rings. The summed E-state index contributed by atoms with van der Waals surface area (Å²) in [6, 6.07) is 5.12. The average molecular weight is 409 g/mol. The monoisotopic (exact) mass is 408 g/mol. The summed E-state index contributed by atoms with van der Waals surface area (Å²) in [5.74, 6) is 0.787. The van der Waals surface area contributed by atoms with Crippen molar-refractivity contribution in [1.82, 2.24) is 19.2 Å². The van der Waals surface area contributed by atoms with Crippen molar-refractivity contribution >= 4 is 27.0 Å². The van der Waals surface area contributed by atoms with E-state index in [0.29, 0.717) is 18.4 Å². The van der Waals surface area contributed by atoms with Gasteiger partial charge in [-0.1, -0.05) is 26.2 Å². The molecule has 0 spiro atoms. The number of aryl methyl sites for hydroxylation is 2. The highest BCUT2D eigenvalue weighted by molar-refractivity contribution is 7.89. The summed E-state index contributed by atoms with van der Waals surface area (Å²) in [5.41, 5.74) is 1.47. The van der Waals surface area contributed by atoms with E-state index in [0.717, 1.165) is 24.2 Å². The van der Waals surface area contributed by atoms with E-state index in [-0.39, 0.29) is 16.8 Å². The molecule has 1 heterocycles. The molecule has 156 valence electrons. The molecule has 0 bridgehead atoms. The van der Waals surface area contributed by atoms with E-state index in [1.54, 1.807) is 18.2 Å². The zero-order chi connectivity index (χ0) is 20.9. The third kappa shape index (κ3) is 5.32. The van der Waals surface area contributed by atoms with Gasteiger partial charge in [0.1, 0.15) is 5.82 Å². The van der Waals surface area contributed by atoms with Crippen LogP contribution < -0.4 is 5.32 Å². The molecule has 1 atom stereocenters.